The summed E-state index contributed by atoms with van der Waals surface area (Å²) in [6.07, 6.45) is 1.51. The standard InChI is InChI=1S/C19H25N3O3/c1-6-25-18(24)14-11-20-15-10-8-7-9-13(15)17(14)22(5)12-16(23)21-19(2,3)4/h7-11H,6,12H2,1-5H3,(H,21,23). The number of anilines is 1. The predicted molar refractivity (Wildman–Crippen MR) is 98.9 cm³/mol. The summed E-state index contributed by atoms with van der Waals surface area (Å²) < 4.78 is 5.15. The van der Waals surface area contributed by atoms with Crippen molar-refractivity contribution in [1.82, 2.24) is 10.3 Å². The van der Waals surface area contributed by atoms with Gasteiger partial charge in [-0.3, -0.25) is 9.78 Å². The van der Waals surface area contributed by atoms with Crippen molar-refractivity contribution in [1.29, 1.82) is 0 Å². The number of pyridine rings is 1. The number of carbonyl (C=O) groups excluding carboxylic acids is 2. The van der Waals surface area contributed by atoms with Crippen molar-refractivity contribution in [3.05, 3.63) is 36.0 Å². The van der Waals surface area contributed by atoms with Crippen molar-refractivity contribution in [3.63, 3.8) is 0 Å². The molecule has 0 aliphatic heterocycles. The number of ether oxygens (including phenoxy) is 1. The van der Waals surface area contributed by atoms with Crippen LogP contribution in [0.1, 0.15) is 38.1 Å². The number of fused-ring (bicyclic) bond motifs is 1. The number of nitrogens with one attached hydrogen (secondary N) is 1. The fraction of sp³-hybridized carbons (Fsp3) is 0.421. The Bertz CT molecular complexity index is 781. The highest BCUT2D eigenvalue weighted by molar-refractivity contribution is 6.05. The molecule has 0 aliphatic carbocycles. The first kappa shape index (κ1) is 18.7. The molecule has 2 aromatic rings. The molecule has 1 aromatic carbocycles. The molecule has 0 saturated carbocycles. The first-order chi connectivity index (χ1) is 11.7. The average Bonchev–Trinajstić information content (AvgIpc) is 2.51. The maximum atomic E-state index is 12.3. The monoisotopic (exact) mass is 343 g/mol. The Morgan fingerprint density at radius 3 is 2.56 bits per heavy atom. The van der Waals surface area contributed by atoms with Crippen LogP contribution in [0.2, 0.25) is 0 Å². The van der Waals surface area contributed by atoms with Crippen LogP contribution in [0.15, 0.2) is 30.5 Å². The van der Waals surface area contributed by atoms with E-state index in [1.165, 1.54) is 6.20 Å². The van der Waals surface area contributed by atoms with E-state index in [1.54, 1.807) is 18.9 Å². The van der Waals surface area contributed by atoms with Crippen LogP contribution < -0.4 is 10.2 Å². The quantitative estimate of drug-likeness (QED) is 0.845. The van der Waals surface area contributed by atoms with Gasteiger partial charge in [0.05, 0.1) is 24.4 Å². The molecule has 0 atom stereocenters. The summed E-state index contributed by atoms with van der Waals surface area (Å²) in [5, 5.41) is 3.73. The Hall–Kier alpha value is -2.63. The van der Waals surface area contributed by atoms with Crippen LogP contribution in [-0.2, 0) is 9.53 Å². The maximum Gasteiger partial charge on any atom is 0.341 e. The summed E-state index contributed by atoms with van der Waals surface area (Å²) in [7, 11) is 1.78. The van der Waals surface area contributed by atoms with E-state index in [-0.39, 0.29) is 24.6 Å². The number of aromatic nitrogens is 1. The lowest BCUT2D eigenvalue weighted by molar-refractivity contribution is -0.121. The van der Waals surface area contributed by atoms with E-state index in [1.807, 2.05) is 45.0 Å². The van der Waals surface area contributed by atoms with Gasteiger partial charge in [0.25, 0.3) is 0 Å². The van der Waals surface area contributed by atoms with Crippen LogP contribution in [0, 0.1) is 0 Å². The lowest BCUT2D eigenvalue weighted by atomic mass is 10.1. The van der Waals surface area contributed by atoms with E-state index in [9.17, 15) is 9.59 Å². The molecule has 1 amide bonds. The minimum Gasteiger partial charge on any atom is -0.462 e. The molecule has 0 aliphatic rings. The normalized spacial score (nSPS) is 11.2. The number of nitrogens with zero attached hydrogens (tertiary/aromatic N) is 2. The van der Waals surface area contributed by atoms with Gasteiger partial charge in [-0.1, -0.05) is 18.2 Å². The van der Waals surface area contributed by atoms with Crippen LogP contribution in [-0.4, -0.2) is 42.6 Å². The molecule has 1 heterocycles. The van der Waals surface area contributed by atoms with E-state index in [2.05, 4.69) is 10.3 Å². The zero-order chi connectivity index (χ0) is 18.6. The molecule has 0 saturated heterocycles. The highest BCUT2D eigenvalue weighted by Crippen LogP contribution is 2.29. The summed E-state index contributed by atoms with van der Waals surface area (Å²) in [4.78, 5) is 30.7. The van der Waals surface area contributed by atoms with Crippen molar-refractivity contribution >= 4 is 28.5 Å². The van der Waals surface area contributed by atoms with Crippen molar-refractivity contribution in [3.8, 4) is 0 Å². The smallest absolute Gasteiger partial charge is 0.341 e. The zero-order valence-corrected chi connectivity index (χ0v) is 15.4. The Morgan fingerprint density at radius 2 is 1.92 bits per heavy atom. The molecule has 134 valence electrons. The first-order valence-electron chi connectivity index (χ1n) is 8.30. The first-order valence-corrected chi connectivity index (χ1v) is 8.30. The Kier molecular flexibility index (Phi) is 5.62. The zero-order valence-electron chi connectivity index (χ0n) is 15.4. The molecule has 0 radical (unpaired) electrons. The Morgan fingerprint density at radius 1 is 1.24 bits per heavy atom. The van der Waals surface area contributed by atoms with Gasteiger partial charge in [-0.2, -0.15) is 0 Å². The van der Waals surface area contributed by atoms with Gasteiger partial charge in [0, 0.05) is 24.2 Å². The third kappa shape index (κ3) is 4.68. The molecular formula is C19H25N3O3. The molecule has 2 rings (SSSR count). The van der Waals surface area contributed by atoms with Gasteiger partial charge >= 0.3 is 5.97 Å². The second kappa shape index (κ2) is 7.51. The van der Waals surface area contributed by atoms with Gasteiger partial charge in [-0.05, 0) is 33.8 Å². The lowest BCUT2D eigenvalue weighted by Crippen LogP contribution is -2.45. The van der Waals surface area contributed by atoms with Gasteiger partial charge in [-0.25, -0.2) is 4.79 Å². The minimum atomic E-state index is -0.446. The highest BCUT2D eigenvalue weighted by Gasteiger charge is 2.22. The number of benzene rings is 1. The number of rotatable bonds is 5. The molecule has 1 N–H and O–H groups in total. The van der Waals surface area contributed by atoms with Gasteiger partial charge in [-0.15, -0.1) is 0 Å². The second-order valence-electron chi connectivity index (χ2n) is 6.91. The van der Waals surface area contributed by atoms with Crippen molar-refractivity contribution in [2.45, 2.75) is 33.2 Å². The predicted octanol–water partition coefficient (Wildman–Crippen LogP) is 2.76. The van der Waals surface area contributed by atoms with E-state index in [0.717, 1.165) is 10.9 Å². The fourth-order valence-electron chi connectivity index (χ4n) is 2.65. The topological polar surface area (TPSA) is 71.5 Å². The van der Waals surface area contributed by atoms with Gasteiger partial charge in [0.2, 0.25) is 5.91 Å². The molecule has 6 nitrogen and oxygen atoms in total. The summed E-state index contributed by atoms with van der Waals surface area (Å²) in [6.45, 7) is 7.94. The van der Waals surface area contributed by atoms with Crippen LogP contribution in [0.3, 0.4) is 0 Å². The largest absolute Gasteiger partial charge is 0.462 e. The number of hydrogen-bond acceptors (Lipinski definition) is 5. The van der Waals surface area contributed by atoms with Crippen LogP contribution in [0.4, 0.5) is 5.69 Å². The van der Waals surface area contributed by atoms with E-state index >= 15 is 0 Å². The molecule has 1 aromatic heterocycles. The third-order valence-electron chi connectivity index (χ3n) is 3.52. The van der Waals surface area contributed by atoms with Crippen LogP contribution >= 0.6 is 0 Å². The van der Waals surface area contributed by atoms with Crippen molar-refractivity contribution in [2.24, 2.45) is 0 Å². The SMILES string of the molecule is CCOC(=O)c1cnc2ccccc2c1N(C)CC(=O)NC(C)(C)C. The van der Waals surface area contributed by atoms with Crippen LogP contribution in [0.25, 0.3) is 10.9 Å². The average molecular weight is 343 g/mol. The maximum absolute atomic E-state index is 12.3. The minimum absolute atomic E-state index is 0.120. The molecule has 0 bridgehead atoms. The molecule has 25 heavy (non-hydrogen) atoms. The number of para-hydroxylation sites is 1. The summed E-state index contributed by atoms with van der Waals surface area (Å²) in [5.41, 5.74) is 1.44. The highest BCUT2D eigenvalue weighted by atomic mass is 16.5. The van der Waals surface area contributed by atoms with Gasteiger partial charge in [0.1, 0.15) is 5.56 Å². The molecule has 0 spiro atoms. The van der Waals surface area contributed by atoms with E-state index in [0.29, 0.717) is 11.3 Å². The molecular weight excluding hydrogens is 318 g/mol. The second-order valence-corrected chi connectivity index (χ2v) is 6.91. The molecule has 0 fully saturated rings. The lowest BCUT2D eigenvalue weighted by Gasteiger charge is -2.26. The number of carbonyl (C=O) groups is 2. The third-order valence-corrected chi connectivity index (χ3v) is 3.52. The number of esters is 1. The van der Waals surface area contributed by atoms with E-state index in [4.69, 9.17) is 4.74 Å². The molecule has 0 unspecified atom stereocenters. The molecule has 6 heteroatoms. The Balaban J connectivity index is 2.44. The number of likely N-dealkylation sites (N-methyl/N-ethyl adjacent to an activating group) is 1. The summed E-state index contributed by atoms with van der Waals surface area (Å²) in [6, 6.07) is 7.52. The van der Waals surface area contributed by atoms with Crippen LogP contribution in [0.5, 0.6) is 0 Å². The van der Waals surface area contributed by atoms with E-state index < -0.39 is 5.97 Å². The Labute approximate surface area is 148 Å². The van der Waals surface area contributed by atoms with Gasteiger partial charge in [0.15, 0.2) is 0 Å². The van der Waals surface area contributed by atoms with Gasteiger partial charge < -0.3 is 15.0 Å². The summed E-state index contributed by atoms with van der Waals surface area (Å²) >= 11 is 0. The summed E-state index contributed by atoms with van der Waals surface area (Å²) in [5.74, 6) is -0.565. The van der Waals surface area contributed by atoms with Crippen molar-refractivity contribution in [2.75, 3.05) is 25.1 Å². The number of amides is 1. The fourth-order valence-corrected chi connectivity index (χ4v) is 2.65. The number of hydrogen-bond donors (Lipinski definition) is 1. The van der Waals surface area contributed by atoms with Crippen molar-refractivity contribution < 1.29 is 14.3 Å².